The van der Waals surface area contributed by atoms with Gasteiger partial charge in [-0.15, -0.1) is 0 Å². The number of aliphatic hydroxyl groups excluding tert-OH is 1. The molecule has 8 nitrogen and oxygen atoms in total. The largest absolute Gasteiger partial charge is 0.480 e. The standard InChI is InChI=1S/C14H25N3O5/c1-3-8(2)11(14(21)22)17-13(20)10(7-18)16-12(19)9-5-4-6-15-9/h8-11,15,18H,3-7H2,1-2H3,(H,16,19)(H,17,20)(H,21,22). The molecule has 8 heteroatoms. The van der Waals surface area contributed by atoms with Gasteiger partial charge in [0.1, 0.15) is 12.1 Å². The topological polar surface area (TPSA) is 128 Å². The highest BCUT2D eigenvalue weighted by atomic mass is 16.4. The molecule has 0 aromatic heterocycles. The minimum absolute atomic E-state index is 0.256. The number of rotatable bonds is 8. The Bertz CT molecular complexity index is 409. The second kappa shape index (κ2) is 8.70. The van der Waals surface area contributed by atoms with Crippen molar-refractivity contribution in [2.75, 3.05) is 13.2 Å². The van der Waals surface area contributed by atoms with E-state index in [0.717, 1.165) is 13.0 Å². The Kier molecular flexibility index (Phi) is 7.26. The fourth-order valence-electron chi connectivity index (χ4n) is 2.31. The molecule has 2 amide bonds. The number of carbonyl (C=O) groups is 3. The van der Waals surface area contributed by atoms with Crippen molar-refractivity contribution in [3.05, 3.63) is 0 Å². The second-order valence-electron chi connectivity index (χ2n) is 5.60. The molecule has 0 radical (unpaired) electrons. The molecule has 1 rings (SSSR count). The molecule has 4 atom stereocenters. The Labute approximate surface area is 129 Å². The molecule has 1 aliphatic heterocycles. The van der Waals surface area contributed by atoms with Gasteiger partial charge in [-0.25, -0.2) is 4.79 Å². The van der Waals surface area contributed by atoms with Gasteiger partial charge in [0.2, 0.25) is 11.8 Å². The van der Waals surface area contributed by atoms with Crippen molar-refractivity contribution in [1.82, 2.24) is 16.0 Å². The maximum Gasteiger partial charge on any atom is 0.326 e. The number of carbonyl (C=O) groups excluding carboxylic acids is 2. The van der Waals surface area contributed by atoms with E-state index in [4.69, 9.17) is 5.11 Å². The van der Waals surface area contributed by atoms with E-state index in [0.29, 0.717) is 12.8 Å². The zero-order valence-electron chi connectivity index (χ0n) is 13.0. The molecule has 0 bridgehead atoms. The fraction of sp³-hybridized carbons (Fsp3) is 0.786. The molecule has 126 valence electrons. The molecule has 0 aromatic rings. The van der Waals surface area contributed by atoms with E-state index in [1.807, 2.05) is 6.92 Å². The molecule has 1 saturated heterocycles. The average Bonchev–Trinajstić information content (AvgIpc) is 3.03. The summed E-state index contributed by atoms with van der Waals surface area (Å²) in [5.74, 6) is -2.44. The van der Waals surface area contributed by atoms with Gasteiger partial charge in [0, 0.05) is 0 Å². The minimum atomic E-state index is -1.15. The van der Waals surface area contributed by atoms with Crippen LogP contribution in [0.5, 0.6) is 0 Å². The van der Waals surface area contributed by atoms with Crippen LogP contribution in [0.4, 0.5) is 0 Å². The van der Waals surface area contributed by atoms with E-state index in [1.54, 1.807) is 6.92 Å². The van der Waals surface area contributed by atoms with Crippen LogP contribution in [0, 0.1) is 5.92 Å². The molecule has 1 aliphatic rings. The summed E-state index contributed by atoms with van der Waals surface area (Å²) in [6, 6.07) is -2.57. The fourth-order valence-corrected chi connectivity index (χ4v) is 2.31. The van der Waals surface area contributed by atoms with Crippen LogP contribution in [0.2, 0.25) is 0 Å². The highest BCUT2D eigenvalue weighted by molar-refractivity contribution is 5.92. The van der Waals surface area contributed by atoms with Crippen molar-refractivity contribution in [1.29, 1.82) is 0 Å². The van der Waals surface area contributed by atoms with Crippen molar-refractivity contribution >= 4 is 17.8 Å². The highest BCUT2D eigenvalue weighted by Gasteiger charge is 2.31. The van der Waals surface area contributed by atoms with Gasteiger partial charge in [-0.2, -0.15) is 0 Å². The van der Waals surface area contributed by atoms with Gasteiger partial charge in [0.15, 0.2) is 0 Å². The molecule has 1 heterocycles. The third kappa shape index (κ3) is 4.96. The first kappa shape index (κ1) is 18.4. The van der Waals surface area contributed by atoms with Crippen LogP contribution in [-0.2, 0) is 14.4 Å². The van der Waals surface area contributed by atoms with E-state index >= 15 is 0 Å². The van der Waals surface area contributed by atoms with Crippen molar-refractivity contribution in [2.45, 2.75) is 51.2 Å². The predicted octanol–water partition coefficient (Wildman–Crippen LogP) is -1.17. The minimum Gasteiger partial charge on any atom is -0.480 e. The summed E-state index contributed by atoms with van der Waals surface area (Å²) in [7, 11) is 0. The van der Waals surface area contributed by atoms with E-state index in [1.165, 1.54) is 0 Å². The Balaban J connectivity index is 2.62. The number of carboxylic acid groups (broad SMARTS) is 1. The summed E-state index contributed by atoms with van der Waals surface area (Å²) < 4.78 is 0. The van der Waals surface area contributed by atoms with Crippen molar-refractivity contribution in [3.8, 4) is 0 Å². The maximum atomic E-state index is 12.1. The van der Waals surface area contributed by atoms with Crippen molar-refractivity contribution in [2.24, 2.45) is 5.92 Å². The molecule has 0 aromatic carbocycles. The van der Waals surface area contributed by atoms with Crippen LogP contribution >= 0.6 is 0 Å². The first-order valence-corrected chi connectivity index (χ1v) is 7.58. The average molecular weight is 315 g/mol. The number of aliphatic hydroxyl groups is 1. The Morgan fingerprint density at radius 1 is 1.32 bits per heavy atom. The van der Waals surface area contributed by atoms with Crippen LogP contribution in [0.1, 0.15) is 33.1 Å². The third-order valence-electron chi connectivity index (χ3n) is 3.97. The van der Waals surface area contributed by atoms with Gasteiger partial charge in [-0.05, 0) is 25.3 Å². The molecule has 1 fully saturated rings. The highest BCUT2D eigenvalue weighted by Crippen LogP contribution is 2.09. The molecule has 0 aliphatic carbocycles. The summed E-state index contributed by atoms with van der Waals surface area (Å²) in [4.78, 5) is 35.2. The first-order valence-electron chi connectivity index (χ1n) is 7.58. The number of hydrogen-bond donors (Lipinski definition) is 5. The summed E-state index contributed by atoms with van der Waals surface area (Å²) >= 11 is 0. The number of nitrogens with one attached hydrogen (secondary N) is 3. The lowest BCUT2D eigenvalue weighted by Gasteiger charge is -2.24. The van der Waals surface area contributed by atoms with Crippen LogP contribution in [0.3, 0.4) is 0 Å². The molecule has 0 spiro atoms. The summed E-state index contributed by atoms with van der Waals surface area (Å²) in [6.45, 7) is 3.69. The van der Waals surface area contributed by atoms with Crippen LogP contribution in [0.15, 0.2) is 0 Å². The Morgan fingerprint density at radius 3 is 2.45 bits per heavy atom. The van der Waals surface area contributed by atoms with Gasteiger partial charge in [0.25, 0.3) is 0 Å². The summed E-state index contributed by atoms with van der Waals surface area (Å²) in [5.41, 5.74) is 0. The summed E-state index contributed by atoms with van der Waals surface area (Å²) in [6.07, 6.45) is 2.14. The van der Waals surface area contributed by atoms with E-state index < -0.39 is 30.6 Å². The number of amides is 2. The number of hydrogen-bond acceptors (Lipinski definition) is 5. The molecule has 0 saturated carbocycles. The van der Waals surface area contributed by atoms with Gasteiger partial charge in [0.05, 0.1) is 12.6 Å². The lowest BCUT2D eigenvalue weighted by atomic mass is 9.99. The predicted molar refractivity (Wildman–Crippen MR) is 79.1 cm³/mol. The maximum absolute atomic E-state index is 12.1. The smallest absolute Gasteiger partial charge is 0.326 e. The quantitative estimate of drug-likeness (QED) is 0.384. The number of aliphatic carboxylic acids is 1. The first-order chi connectivity index (χ1) is 10.4. The molecule has 5 N–H and O–H groups in total. The summed E-state index contributed by atoms with van der Waals surface area (Å²) in [5, 5.41) is 26.3. The molecule has 4 unspecified atom stereocenters. The lowest BCUT2D eigenvalue weighted by molar-refractivity contribution is -0.144. The van der Waals surface area contributed by atoms with Gasteiger partial charge in [-0.1, -0.05) is 20.3 Å². The third-order valence-corrected chi connectivity index (χ3v) is 3.97. The van der Waals surface area contributed by atoms with Crippen LogP contribution < -0.4 is 16.0 Å². The van der Waals surface area contributed by atoms with Crippen LogP contribution in [-0.4, -0.2) is 59.3 Å². The van der Waals surface area contributed by atoms with E-state index in [-0.39, 0.29) is 17.9 Å². The second-order valence-corrected chi connectivity index (χ2v) is 5.60. The lowest BCUT2D eigenvalue weighted by Crippen LogP contribution is -2.56. The Hall–Kier alpha value is -1.67. The van der Waals surface area contributed by atoms with E-state index in [2.05, 4.69) is 16.0 Å². The van der Waals surface area contributed by atoms with Gasteiger partial charge < -0.3 is 26.2 Å². The zero-order chi connectivity index (χ0) is 16.7. The normalized spacial score (nSPS) is 21.7. The van der Waals surface area contributed by atoms with Gasteiger partial charge >= 0.3 is 5.97 Å². The Morgan fingerprint density at radius 2 is 2.00 bits per heavy atom. The zero-order valence-corrected chi connectivity index (χ0v) is 13.0. The molecular formula is C14H25N3O5. The number of carboxylic acids is 1. The van der Waals surface area contributed by atoms with Gasteiger partial charge in [-0.3, -0.25) is 9.59 Å². The molecule has 22 heavy (non-hydrogen) atoms. The van der Waals surface area contributed by atoms with Crippen molar-refractivity contribution < 1.29 is 24.6 Å². The van der Waals surface area contributed by atoms with Crippen LogP contribution in [0.25, 0.3) is 0 Å². The van der Waals surface area contributed by atoms with E-state index in [9.17, 15) is 19.5 Å². The SMILES string of the molecule is CCC(C)C(NC(=O)C(CO)NC(=O)C1CCCN1)C(=O)O. The van der Waals surface area contributed by atoms with Crippen molar-refractivity contribution in [3.63, 3.8) is 0 Å². The monoisotopic (exact) mass is 315 g/mol. The molecular weight excluding hydrogens is 290 g/mol.